The van der Waals surface area contributed by atoms with Crippen LogP contribution >= 0.6 is 0 Å². The Bertz CT molecular complexity index is 459. The molecule has 0 aliphatic carbocycles. The molecule has 14 heavy (non-hydrogen) atoms. The number of carbonyl (C=O) groups excluding carboxylic acids is 1. The van der Waals surface area contributed by atoms with Gasteiger partial charge in [0.15, 0.2) is 5.58 Å². The van der Waals surface area contributed by atoms with Crippen molar-refractivity contribution in [3.8, 4) is 0 Å². The van der Waals surface area contributed by atoms with Crippen LogP contribution < -0.4 is 0 Å². The summed E-state index contributed by atoms with van der Waals surface area (Å²) in [6.45, 7) is 1.91. The van der Waals surface area contributed by atoms with Gasteiger partial charge in [0.05, 0.1) is 5.69 Å². The largest absolute Gasteiger partial charge is 0.356 e. The van der Waals surface area contributed by atoms with Gasteiger partial charge in [-0.1, -0.05) is 11.2 Å². The maximum absolute atomic E-state index is 10.2. The predicted octanol–water partition coefficient (Wildman–Crippen LogP) is 2.27. The molecule has 0 fully saturated rings. The number of rotatable bonds is 3. The van der Waals surface area contributed by atoms with Crippen molar-refractivity contribution < 1.29 is 9.32 Å². The third-order valence-electron chi connectivity index (χ3n) is 2.27. The lowest BCUT2D eigenvalue weighted by molar-refractivity contribution is -0.107. The highest BCUT2D eigenvalue weighted by Crippen LogP contribution is 2.19. The van der Waals surface area contributed by atoms with Crippen LogP contribution in [-0.4, -0.2) is 11.4 Å². The van der Waals surface area contributed by atoms with Gasteiger partial charge in [0.25, 0.3) is 0 Å². The molecule has 0 aliphatic rings. The van der Waals surface area contributed by atoms with Crippen LogP contribution in [-0.2, 0) is 11.2 Å². The van der Waals surface area contributed by atoms with Crippen molar-refractivity contribution in [2.24, 2.45) is 0 Å². The topological polar surface area (TPSA) is 43.1 Å². The monoisotopic (exact) mass is 189 g/mol. The molecular formula is C11H11NO2. The zero-order valence-corrected chi connectivity index (χ0v) is 7.99. The van der Waals surface area contributed by atoms with Crippen molar-refractivity contribution in [1.29, 1.82) is 0 Å². The Morgan fingerprint density at radius 3 is 3.14 bits per heavy atom. The second kappa shape index (κ2) is 3.62. The summed E-state index contributed by atoms with van der Waals surface area (Å²) < 4.78 is 5.09. The van der Waals surface area contributed by atoms with Crippen molar-refractivity contribution in [3.05, 3.63) is 29.5 Å². The van der Waals surface area contributed by atoms with Gasteiger partial charge in [-0.2, -0.15) is 0 Å². The van der Waals surface area contributed by atoms with Crippen LogP contribution in [0.1, 0.15) is 17.7 Å². The molecule has 0 N–H and O–H groups in total. The Hall–Kier alpha value is -1.64. The Morgan fingerprint density at radius 2 is 2.36 bits per heavy atom. The molecular weight excluding hydrogens is 178 g/mol. The van der Waals surface area contributed by atoms with Crippen LogP contribution in [0.25, 0.3) is 11.0 Å². The van der Waals surface area contributed by atoms with Crippen LogP contribution in [0.2, 0.25) is 0 Å². The van der Waals surface area contributed by atoms with Gasteiger partial charge in [-0.3, -0.25) is 0 Å². The van der Waals surface area contributed by atoms with Crippen molar-refractivity contribution >= 4 is 17.3 Å². The minimum atomic E-state index is 0.565. The van der Waals surface area contributed by atoms with E-state index < -0.39 is 0 Å². The second-order valence-electron chi connectivity index (χ2n) is 3.30. The quantitative estimate of drug-likeness (QED) is 0.695. The zero-order valence-electron chi connectivity index (χ0n) is 7.99. The molecule has 0 spiro atoms. The van der Waals surface area contributed by atoms with E-state index in [1.54, 1.807) is 0 Å². The summed E-state index contributed by atoms with van der Waals surface area (Å²) >= 11 is 0. The summed E-state index contributed by atoms with van der Waals surface area (Å²) in [6, 6.07) is 5.90. The fourth-order valence-corrected chi connectivity index (χ4v) is 1.49. The van der Waals surface area contributed by atoms with E-state index in [9.17, 15) is 4.79 Å². The van der Waals surface area contributed by atoms with Gasteiger partial charge < -0.3 is 9.32 Å². The van der Waals surface area contributed by atoms with Gasteiger partial charge in [0.1, 0.15) is 6.29 Å². The molecule has 2 aromatic rings. The molecule has 0 bridgehead atoms. The van der Waals surface area contributed by atoms with E-state index in [0.717, 1.165) is 34.9 Å². The predicted molar refractivity (Wildman–Crippen MR) is 53.1 cm³/mol. The highest BCUT2D eigenvalue weighted by atomic mass is 16.5. The number of nitrogens with zero attached hydrogens (tertiary/aromatic N) is 1. The number of benzene rings is 1. The number of hydrogen-bond acceptors (Lipinski definition) is 3. The number of aryl methyl sites for hydroxylation is 2. The summed E-state index contributed by atoms with van der Waals surface area (Å²) in [5.41, 5.74) is 2.85. The van der Waals surface area contributed by atoms with E-state index >= 15 is 0 Å². The molecule has 0 amide bonds. The average Bonchev–Trinajstić information content (AvgIpc) is 2.57. The van der Waals surface area contributed by atoms with Crippen molar-refractivity contribution in [2.75, 3.05) is 0 Å². The van der Waals surface area contributed by atoms with Gasteiger partial charge in [0.2, 0.25) is 0 Å². The Balaban J connectivity index is 2.39. The van der Waals surface area contributed by atoms with Crippen molar-refractivity contribution in [2.45, 2.75) is 19.8 Å². The SMILES string of the molecule is Cc1noc2ccc(CCC=O)cc12. The Morgan fingerprint density at radius 1 is 1.50 bits per heavy atom. The first-order valence-electron chi connectivity index (χ1n) is 4.60. The lowest BCUT2D eigenvalue weighted by Crippen LogP contribution is -1.85. The van der Waals surface area contributed by atoms with E-state index in [4.69, 9.17) is 4.52 Å². The van der Waals surface area contributed by atoms with E-state index in [1.807, 2.05) is 25.1 Å². The van der Waals surface area contributed by atoms with Gasteiger partial charge in [-0.05, 0) is 31.0 Å². The molecule has 0 aliphatic heterocycles. The van der Waals surface area contributed by atoms with E-state index in [0.29, 0.717) is 6.42 Å². The first-order valence-corrected chi connectivity index (χ1v) is 4.60. The summed E-state index contributed by atoms with van der Waals surface area (Å²) in [6.07, 6.45) is 2.28. The van der Waals surface area contributed by atoms with Crippen LogP contribution in [0.4, 0.5) is 0 Å². The molecule has 0 unspecified atom stereocenters. The first kappa shape index (κ1) is 8.94. The second-order valence-corrected chi connectivity index (χ2v) is 3.30. The van der Waals surface area contributed by atoms with Crippen LogP contribution in [0, 0.1) is 6.92 Å². The maximum Gasteiger partial charge on any atom is 0.167 e. The summed E-state index contributed by atoms with van der Waals surface area (Å²) in [7, 11) is 0. The van der Waals surface area contributed by atoms with E-state index in [2.05, 4.69) is 5.16 Å². The molecule has 1 aromatic heterocycles. The van der Waals surface area contributed by atoms with Crippen molar-refractivity contribution in [3.63, 3.8) is 0 Å². The van der Waals surface area contributed by atoms with E-state index in [1.165, 1.54) is 0 Å². The van der Waals surface area contributed by atoms with Gasteiger partial charge in [0, 0.05) is 11.8 Å². The summed E-state index contributed by atoms with van der Waals surface area (Å²) in [5.74, 6) is 0. The molecule has 2 rings (SSSR count). The minimum absolute atomic E-state index is 0.565. The smallest absolute Gasteiger partial charge is 0.167 e. The van der Waals surface area contributed by atoms with E-state index in [-0.39, 0.29) is 0 Å². The molecule has 72 valence electrons. The van der Waals surface area contributed by atoms with Crippen LogP contribution in [0.5, 0.6) is 0 Å². The fourth-order valence-electron chi connectivity index (χ4n) is 1.49. The minimum Gasteiger partial charge on any atom is -0.356 e. The Kier molecular flexibility index (Phi) is 2.31. The molecule has 1 heterocycles. The number of fused-ring (bicyclic) bond motifs is 1. The third kappa shape index (κ3) is 1.53. The number of hydrogen-bond donors (Lipinski definition) is 0. The Labute approximate surface area is 81.7 Å². The molecule has 3 heteroatoms. The molecule has 0 saturated carbocycles. The highest BCUT2D eigenvalue weighted by Gasteiger charge is 2.04. The van der Waals surface area contributed by atoms with Crippen LogP contribution in [0.3, 0.4) is 0 Å². The molecule has 3 nitrogen and oxygen atoms in total. The molecule has 0 atom stereocenters. The first-order chi connectivity index (χ1) is 6.81. The lowest BCUT2D eigenvalue weighted by Gasteiger charge is -1.96. The lowest BCUT2D eigenvalue weighted by atomic mass is 10.1. The zero-order chi connectivity index (χ0) is 9.97. The summed E-state index contributed by atoms with van der Waals surface area (Å²) in [4.78, 5) is 10.2. The van der Waals surface area contributed by atoms with Gasteiger partial charge in [-0.15, -0.1) is 0 Å². The average molecular weight is 189 g/mol. The van der Waals surface area contributed by atoms with Gasteiger partial charge >= 0.3 is 0 Å². The van der Waals surface area contributed by atoms with Gasteiger partial charge in [-0.25, -0.2) is 0 Å². The van der Waals surface area contributed by atoms with Crippen molar-refractivity contribution in [1.82, 2.24) is 5.16 Å². The summed E-state index contributed by atoms with van der Waals surface area (Å²) in [5, 5.41) is 4.91. The number of carbonyl (C=O) groups is 1. The number of aromatic nitrogens is 1. The maximum atomic E-state index is 10.2. The molecule has 0 saturated heterocycles. The standard InChI is InChI=1S/C11H11NO2/c1-8-10-7-9(3-2-6-13)4-5-11(10)14-12-8/h4-7H,2-3H2,1H3. The van der Waals surface area contributed by atoms with Crippen LogP contribution in [0.15, 0.2) is 22.7 Å². The highest BCUT2D eigenvalue weighted by molar-refractivity contribution is 5.79. The fraction of sp³-hybridized carbons (Fsp3) is 0.273. The molecule has 1 aromatic carbocycles. The third-order valence-corrected chi connectivity index (χ3v) is 2.27. The number of aldehydes is 1. The normalized spacial score (nSPS) is 10.6. The molecule has 0 radical (unpaired) electrons.